The second-order valence-electron chi connectivity index (χ2n) is 3.49. The molecule has 0 bridgehead atoms. The largest absolute Gasteiger partial charge is 0.440 e. The number of hydrogen-bond acceptors (Lipinski definition) is 2. The number of hydrogen-bond donors (Lipinski definition) is 1. The lowest BCUT2D eigenvalue weighted by atomic mass is 10.2. The summed E-state index contributed by atoms with van der Waals surface area (Å²) in [6, 6.07) is 3.20. The van der Waals surface area contributed by atoms with E-state index in [2.05, 4.69) is 21.2 Å². The molecule has 5 heteroatoms. The van der Waals surface area contributed by atoms with Crippen LogP contribution < -0.4 is 5.32 Å². The van der Waals surface area contributed by atoms with Crippen molar-refractivity contribution in [3.05, 3.63) is 23.1 Å². The monoisotopic (exact) mass is 293 g/mol. The van der Waals surface area contributed by atoms with E-state index in [1.807, 2.05) is 13.8 Å². The molecule has 1 aromatic heterocycles. The zero-order valence-electron chi connectivity index (χ0n) is 8.59. The van der Waals surface area contributed by atoms with Crippen LogP contribution in [-0.4, -0.2) is 16.8 Å². The molecule has 1 aromatic rings. The first-order valence-electron chi connectivity index (χ1n) is 4.69. The van der Waals surface area contributed by atoms with Gasteiger partial charge >= 0.3 is 0 Å². The first-order valence-corrected chi connectivity index (χ1v) is 5.98. The first kappa shape index (κ1) is 12.6. The first-order chi connectivity index (χ1) is 6.99. The zero-order chi connectivity index (χ0) is 11.4. The second kappa shape index (κ2) is 5.56. The van der Waals surface area contributed by atoms with E-state index >= 15 is 0 Å². The molecule has 3 nitrogen and oxygen atoms in total. The molecule has 2 atom stereocenters. The molecule has 0 radical (unpaired) electrons. The number of carbonyl (C=O) groups is 1. The summed E-state index contributed by atoms with van der Waals surface area (Å²) in [6.07, 6.45) is 0.861. The third-order valence-corrected chi connectivity index (χ3v) is 2.43. The van der Waals surface area contributed by atoms with Crippen LogP contribution in [0.15, 0.2) is 16.5 Å². The van der Waals surface area contributed by atoms with E-state index in [-0.39, 0.29) is 22.9 Å². The molecule has 0 aliphatic carbocycles. The summed E-state index contributed by atoms with van der Waals surface area (Å²) >= 11 is 9.00. The Labute approximate surface area is 102 Å². The molecule has 1 N–H and O–H groups in total. The average Bonchev–Trinajstić information content (AvgIpc) is 2.49. The van der Waals surface area contributed by atoms with Crippen molar-refractivity contribution in [3.8, 4) is 0 Å². The maximum absolute atomic E-state index is 11.6. The van der Waals surface area contributed by atoms with Crippen LogP contribution in [0.5, 0.6) is 0 Å². The molecular formula is C10H13BrClNO2. The molecule has 2 unspecified atom stereocenters. The topological polar surface area (TPSA) is 42.2 Å². The van der Waals surface area contributed by atoms with Gasteiger partial charge in [-0.05, 0) is 37.1 Å². The Morgan fingerprint density at radius 2 is 2.27 bits per heavy atom. The summed E-state index contributed by atoms with van der Waals surface area (Å²) in [5.41, 5.74) is 0. The highest BCUT2D eigenvalue weighted by Gasteiger charge is 2.14. The van der Waals surface area contributed by atoms with E-state index in [0.29, 0.717) is 4.83 Å². The molecule has 1 heterocycles. The summed E-state index contributed by atoms with van der Waals surface area (Å²) in [4.78, 5) is 11.9. The number of alkyl halides is 1. The van der Waals surface area contributed by atoms with Gasteiger partial charge in [-0.3, -0.25) is 4.79 Å². The highest BCUT2D eigenvalue weighted by atomic mass is 79.9. The van der Waals surface area contributed by atoms with Crippen molar-refractivity contribution in [2.75, 3.05) is 0 Å². The minimum atomic E-state index is -0.234. The molecule has 0 saturated heterocycles. The molecule has 0 aliphatic rings. The van der Waals surface area contributed by atoms with Gasteiger partial charge in [-0.15, -0.1) is 0 Å². The second-order valence-corrected chi connectivity index (χ2v) is 5.43. The number of carbonyl (C=O) groups excluding carboxylic acids is 1. The Balaban J connectivity index is 2.49. The average molecular weight is 295 g/mol. The van der Waals surface area contributed by atoms with Gasteiger partial charge in [0.05, 0.1) is 0 Å². The molecule has 0 spiro atoms. The summed E-state index contributed by atoms with van der Waals surface area (Å²) < 4.78 is 4.99. The Morgan fingerprint density at radius 1 is 1.60 bits per heavy atom. The number of furan rings is 1. The van der Waals surface area contributed by atoms with E-state index in [4.69, 9.17) is 16.0 Å². The van der Waals surface area contributed by atoms with Crippen molar-refractivity contribution >= 4 is 33.4 Å². The maximum atomic E-state index is 11.6. The van der Waals surface area contributed by atoms with E-state index in [9.17, 15) is 4.79 Å². The Morgan fingerprint density at radius 3 is 2.73 bits per heavy atom. The number of nitrogens with one attached hydrogen (secondary N) is 1. The third kappa shape index (κ3) is 4.26. The fourth-order valence-electron chi connectivity index (χ4n) is 1.28. The van der Waals surface area contributed by atoms with Gasteiger partial charge in [0.15, 0.2) is 11.0 Å². The molecule has 0 aromatic carbocycles. The van der Waals surface area contributed by atoms with Crippen LogP contribution in [0, 0.1) is 0 Å². The van der Waals surface area contributed by atoms with Crippen LogP contribution in [0.1, 0.15) is 30.8 Å². The predicted molar refractivity (Wildman–Crippen MR) is 63.7 cm³/mol. The van der Waals surface area contributed by atoms with Gasteiger partial charge in [0, 0.05) is 10.9 Å². The minimum absolute atomic E-state index is 0.0933. The van der Waals surface area contributed by atoms with E-state index in [1.54, 1.807) is 12.1 Å². The summed E-state index contributed by atoms with van der Waals surface area (Å²) in [6.45, 7) is 3.98. The van der Waals surface area contributed by atoms with Crippen molar-refractivity contribution in [3.63, 3.8) is 0 Å². The minimum Gasteiger partial charge on any atom is -0.440 e. The van der Waals surface area contributed by atoms with Gasteiger partial charge in [-0.1, -0.05) is 22.9 Å². The quantitative estimate of drug-likeness (QED) is 0.866. The van der Waals surface area contributed by atoms with Crippen LogP contribution in [-0.2, 0) is 0 Å². The maximum Gasteiger partial charge on any atom is 0.287 e. The van der Waals surface area contributed by atoms with E-state index in [0.717, 1.165) is 6.42 Å². The van der Waals surface area contributed by atoms with Crippen molar-refractivity contribution < 1.29 is 9.21 Å². The summed E-state index contributed by atoms with van der Waals surface area (Å²) in [5, 5.41) is 3.04. The van der Waals surface area contributed by atoms with E-state index in [1.165, 1.54) is 0 Å². The lowest BCUT2D eigenvalue weighted by Crippen LogP contribution is -2.33. The molecule has 0 fully saturated rings. The Hall–Kier alpha value is -0.480. The van der Waals surface area contributed by atoms with Crippen LogP contribution in [0.25, 0.3) is 0 Å². The molecule has 15 heavy (non-hydrogen) atoms. The molecule has 1 amide bonds. The molecule has 84 valence electrons. The van der Waals surface area contributed by atoms with Crippen LogP contribution in [0.2, 0.25) is 5.22 Å². The van der Waals surface area contributed by atoms with Gasteiger partial charge in [-0.2, -0.15) is 0 Å². The number of amides is 1. The summed E-state index contributed by atoms with van der Waals surface area (Å²) in [7, 11) is 0. The normalized spacial score (nSPS) is 14.7. The molecular weight excluding hydrogens is 281 g/mol. The highest BCUT2D eigenvalue weighted by molar-refractivity contribution is 9.09. The fraction of sp³-hybridized carbons (Fsp3) is 0.500. The lowest BCUT2D eigenvalue weighted by molar-refractivity contribution is 0.0911. The standard InChI is InChI=1S/C10H13BrClNO2/c1-6(11)5-7(2)13-10(14)8-3-4-9(12)15-8/h3-4,6-7H,5H2,1-2H3,(H,13,14). The van der Waals surface area contributed by atoms with Crippen LogP contribution >= 0.6 is 27.5 Å². The third-order valence-electron chi connectivity index (χ3n) is 1.85. The Kier molecular flexibility index (Phi) is 4.67. The Bertz CT molecular complexity index is 338. The lowest BCUT2D eigenvalue weighted by Gasteiger charge is -2.13. The smallest absolute Gasteiger partial charge is 0.287 e. The van der Waals surface area contributed by atoms with Crippen molar-refractivity contribution in [2.45, 2.75) is 31.1 Å². The van der Waals surface area contributed by atoms with E-state index < -0.39 is 0 Å². The molecule has 1 rings (SSSR count). The van der Waals surface area contributed by atoms with Gasteiger partial charge in [-0.25, -0.2) is 0 Å². The fourth-order valence-corrected chi connectivity index (χ4v) is 1.98. The van der Waals surface area contributed by atoms with Crippen molar-refractivity contribution in [1.82, 2.24) is 5.32 Å². The SMILES string of the molecule is CC(Br)CC(C)NC(=O)c1ccc(Cl)o1. The summed E-state index contributed by atoms with van der Waals surface area (Å²) in [5.74, 6) is 0.0108. The number of halogens is 2. The number of rotatable bonds is 4. The molecule has 0 aliphatic heterocycles. The van der Waals surface area contributed by atoms with Crippen molar-refractivity contribution in [1.29, 1.82) is 0 Å². The van der Waals surface area contributed by atoms with Gasteiger partial charge in [0.2, 0.25) is 0 Å². The highest BCUT2D eigenvalue weighted by Crippen LogP contribution is 2.13. The van der Waals surface area contributed by atoms with Crippen molar-refractivity contribution in [2.24, 2.45) is 0 Å². The van der Waals surface area contributed by atoms with Crippen LogP contribution in [0.4, 0.5) is 0 Å². The zero-order valence-corrected chi connectivity index (χ0v) is 10.9. The predicted octanol–water partition coefficient (Wildman–Crippen LogP) is 3.22. The van der Waals surface area contributed by atoms with Gasteiger partial charge < -0.3 is 9.73 Å². The van der Waals surface area contributed by atoms with Gasteiger partial charge in [0.25, 0.3) is 5.91 Å². The molecule has 0 saturated carbocycles. The van der Waals surface area contributed by atoms with Gasteiger partial charge in [0.1, 0.15) is 0 Å². The van der Waals surface area contributed by atoms with Crippen LogP contribution in [0.3, 0.4) is 0 Å².